The highest BCUT2D eigenvalue weighted by Gasteiger charge is 2.31. The van der Waals surface area contributed by atoms with Crippen LogP contribution in [0.25, 0.3) is 0 Å². The molecule has 1 fully saturated rings. The number of hydrogen-bond donors (Lipinski definition) is 3. The number of ketones is 1. The van der Waals surface area contributed by atoms with Crippen LogP contribution in [0.1, 0.15) is 64.2 Å². The van der Waals surface area contributed by atoms with Gasteiger partial charge in [-0.15, -0.1) is 0 Å². The average Bonchev–Trinajstić information content (AvgIpc) is 3.07. The Morgan fingerprint density at radius 2 is 1.61 bits per heavy atom. The van der Waals surface area contributed by atoms with E-state index in [0.717, 1.165) is 64.2 Å². The van der Waals surface area contributed by atoms with Crippen LogP contribution in [0, 0.1) is 0 Å². The SMILES string of the molecule is NC(=O)C(=O)NCCCCC/C=C\CCCCCCCOCC(O)=C1C(=O)COC1=O. The van der Waals surface area contributed by atoms with Gasteiger partial charge in [-0.1, -0.05) is 37.8 Å². The van der Waals surface area contributed by atoms with E-state index in [1.165, 1.54) is 0 Å². The van der Waals surface area contributed by atoms with Crippen LogP contribution in [0.15, 0.2) is 23.5 Å². The number of Topliss-reactive ketones (excluding diaryl/α,β-unsaturated/α-hetero) is 1. The number of carbonyl (C=O) groups excluding carboxylic acids is 4. The van der Waals surface area contributed by atoms with Crippen LogP contribution in [0.4, 0.5) is 0 Å². The van der Waals surface area contributed by atoms with Crippen molar-refractivity contribution in [1.29, 1.82) is 0 Å². The Kier molecular flexibility index (Phi) is 13.7. The van der Waals surface area contributed by atoms with Crippen LogP contribution in [0.5, 0.6) is 0 Å². The van der Waals surface area contributed by atoms with Crippen molar-refractivity contribution < 1.29 is 33.8 Å². The normalized spacial score (nSPS) is 15.4. The molecule has 0 bridgehead atoms. The molecule has 0 unspecified atom stereocenters. The fourth-order valence-corrected chi connectivity index (χ4v) is 2.99. The molecule has 1 aliphatic rings. The molecule has 0 aliphatic carbocycles. The minimum atomic E-state index is -0.947. The molecular weight excluding hydrogens is 404 g/mol. The summed E-state index contributed by atoms with van der Waals surface area (Å²) < 4.78 is 9.87. The predicted octanol–water partition coefficient (Wildman–Crippen LogP) is 2.00. The van der Waals surface area contributed by atoms with Crippen LogP contribution < -0.4 is 11.1 Å². The number of cyclic esters (lactones) is 1. The highest BCUT2D eigenvalue weighted by molar-refractivity contribution is 6.34. The number of nitrogens with one attached hydrogen (secondary N) is 1. The standard InChI is InChI=1S/C22H34N2O7/c23-20(27)21(28)24-13-11-9-7-5-3-1-2-4-6-8-10-12-14-30-15-17(25)19-18(26)16-31-22(19)29/h1,3,25H,2,4-16H2,(H2,23,27)(H,24,28)/b3-1-,19-17?. The van der Waals surface area contributed by atoms with Crippen molar-refractivity contribution in [3.8, 4) is 0 Å². The summed E-state index contributed by atoms with van der Waals surface area (Å²) in [5.74, 6) is -3.32. The number of amides is 2. The summed E-state index contributed by atoms with van der Waals surface area (Å²) in [6.45, 7) is 0.480. The molecular formula is C22H34N2O7. The number of esters is 1. The van der Waals surface area contributed by atoms with E-state index in [0.29, 0.717) is 13.2 Å². The second-order valence-electron chi connectivity index (χ2n) is 7.37. The fraction of sp³-hybridized carbons (Fsp3) is 0.636. The van der Waals surface area contributed by atoms with Crippen LogP contribution in [0.2, 0.25) is 0 Å². The van der Waals surface area contributed by atoms with E-state index in [1.54, 1.807) is 0 Å². The summed E-state index contributed by atoms with van der Waals surface area (Å²) in [4.78, 5) is 44.2. The lowest BCUT2D eigenvalue weighted by molar-refractivity contribution is -0.137. The van der Waals surface area contributed by atoms with Crippen LogP contribution in [-0.2, 0) is 28.7 Å². The monoisotopic (exact) mass is 438 g/mol. The van der Waals surface area contributed by atoms with Gasteiger partial charge in [-0.25, -0.2) is 4.79 Å². The van der Waals surface area contributed by atoms with Gasteiger partial charge in [0.2, 0.25) is 5.78 Å². The van der Waals surface area contributed by atoms with Crippen molar-refractivity contribution in [3.63, 3.8) is 0 Å². The van der Waals surface area contributed by atoms with Gasteiger partial charge in [0.05, 0.1) is 0 Å². The molecule has 9 heteroatoms. The number of aliphatic hydroxyl groups excluding tert-OH is 1. The van der Waals surface area contributed by atoms with Crippen molar-refractivity contribution in [1.82, 2.24) is 5.32 Å². The molecule has 0 aromatic rings. The Labute approximate surface area is 183 Å². The first-order valence-corrected chi connectivity index (χ1v) is 10.9. The zero-order chi connectivity index (χ0) is 22.9. The summed E-state index contributed by atoms with van der Waals surface area (Å²) in [5, 5.41) is 12.2. The van der Waals surface area contributed by atoms with E-state index in [2.05, 4.69) is 22.2 Å². The van der Waals surface area contributed by atoms with E-state index in [9.17, 15) is 24.3 Å². The minimum Gasteiger partial charge on any atom is -0.509 e. The zero-order valence-corrected chi connectivity index (χ0v) is 18.0. The third kappa shape index (κ3) is 11.9. The Bertz CT molecular complexity index is 653. The smallest absolute Gasteiger partial charge is 0.345 e. The molecule has 0 aromatic heterocycles. The molecule has 1 aliphatic heterocycles. The van der Waals surface area contributed by atoms with Crippen LogP contribution in [-0.4, -0.2) is 55.0 Å². The van der Waals surface area contributed by atoms with Crippen LogP contribution >= 0.6 is 0 Å². The lowest BCUT2D eigenvalue weighted by atomic mass is 10.1. The summed E-state index contributed by atoms with van der Waals surface area (Å²) in [5.41, 5.74) is 4.55. The highest BCUT2D eigenvalue weighted by Crippen LogP contribution is 2.14. The molecule has 1 rings (SSSR count). The van der Waals surface area contributed by atoms with Gasteiger partial charge in [0, 0.05) is 13.2 Å². The number of aliphatic hydroxyl groups is 1. The minimum absolute atomic E-state index is 0.150. The molecule has 1 heterocycles. The van der Waals surface area contributed by atoms with Crippen molar-refractivity contribution in [2.75, 3.05) is 26.4 Å². The molecule has 0 aromatic carbocycles. The second-order valence-corrected chi connectivity index (χ2v) is 7.37. The first-order valence-electron chi connectivity index (χ1n) is 10.9. The summed E-state index contributed by atoms with van der Waals surface area (Å²) in [7, 11) is 0. The number of allylic oxidation sites excluding steroid dienone is 2. The molecule has 2 amide bonds. The maximum absolute atomic E-state index is 11.4. The Hall–Kier alpha value is -2.68. The van der Waals surface area contributed by atoms with Gasteiger partial charge in [0.25, 0.3) is 0 Å². The molecule has 4 N–H and O–H groups in total. The molecule has 0 radical (unpaired) electrons. The van der Waals surface area contributed by atoms with E-state index in [-0.39, 0.29) is 24.5 Å². The largest absolute Gasteiger partial charge is 0.509 e. The third-order valence-corrected chi connectivity index (χ3v) is 4.73. The number of hydrogen-bond acceptors (Lipinski definition) is 7. The third-order valence-electron chi connectivity index (χ3n) is 4.73. The number of primary amides is 1. The quantitative estimate of drug-likeness (QED) is 0.0635. The number of nitrogens with two attached hydrogens (primary N) is 1. The topological polar surface area (TPSA) is 145 Å². The van der Waals surface area contributed by atoms with Crippen molar-refractivity contribution in [2.45, 2.75) is 64.2 Å². The van der Waals surface area contributed by atoms with E-state index >= 15 is 0 Å². The van der Waals surface area contributed by atoms with Gasteiger partial charge in [-0.05, 0) is 38.5 Å². The number of rotatable bonds is 16. The molecule has 174 valence electrons. The van der Waals surface area contributed by atoms with Crippen molar-refractivity contribution >= 4 is 23.6 Å². The molecule has 31 heavy (non-hydrogen) atoms. The highest BCUT2D eigenvalue weighted by atomic mass is 16.5. The lowest BCUT2D eigenvalue weighted by Crippen LogP contribution is -2.36. The van der Waals surface area contributed by atoms with Crippen molar-refractivity contribution in [2.24, 2.45) is 5.73 Å². The molecule has 0 saturated carbocycles. The van der Waals surface area contributed by atoms with Gasteiger partial charge in [-0.3, -0.25) is 14.4 Å². The van der Waals surface area contributed by atoms with Gasteiger partial charge in [0.1, 0.15) is 17.9 Å². The first kappa shape index (κ1) is 26.4. The average molecular weight is 439 g/mol. The molecule has 9 nitrogen and oxygen atoms in total. The van der Waals surface area contributed by atoms with E-state index in [4.69, 9.17) is 10.5 Å². The van der Waals surface area contributed by atoms with Gasteiger partial charge in [-0.2, -0.15) is 0 Å². The molecule has 0 atom stereocenters. The molecule has 1 saturated heterocycles. The van der Waals surface area contributed by atoms with Gasteiger partial charge >= 0.3 is 17.8 Å². The zero-order valence-electron chi connectivity index (χ0n) is 18.0. The van der Waals surface area contributed by atoms with Crippen LogP contribution in [0.3, 0.4) is 0 Å². The summed E-state index contributed by atoms with van der Waals surface area (Å²) in [6, 6.07) is 0. The summed E-state index contributed by atoms with van der Waals surface area (Å²) >= 11 is 0. The van der Waals surface area contributed by atoms with Crippen molar-refractivity contribution in [3.05, 3.63) is 23.5 Å². The Morgan fingerprint density at radius 1 is 1.00 bits per heavy atom. The number of unbranched alkanes of at least 4 members (excludes halogenated alkanes) is 8. The number of carbonyl (C=O) groups is 4. The summed E-state index contributed by atoms with van der Waals surface area (Å²) in [6.07, 6.45) is 14.6. The van der Waals surface area contributed by atoms with Gasteiger partial charge in [0.15, 0.2) is 6.61 Å². The van der Waals surface area contributed by atoms with E-state index in [1.807, 2.05) is 0 Å². The molecule has 0 spiro atoms. The second kappa shape index (κ2) is 16.1. The maximum Gasteiger partial charge on any atom is 0.345 e. The van der Waals surface area contributed by atoms with Gasteiger partial charge < -0.3 is 25.6 Å². The first-order chi connectivity index (χ1) is 14.9. The maximum atomic E-state index is 11.4. The predicted molar refractivity (Wildman–Crippen MR) is 114 cm³/mol. The Morgan fingerprint density at radius 3 is 2.23 bits per heavy atom. The fourth-order valence-electron chi connectivity index (χ4n) is 2.99. The number of ether oxygens (including phenoxy) is 2. The lowest BCUT2D eigenvalue weighted by Gasteiger charge is -2.05. The van der Waals surface area contributed by atoms with E-state index < -0.39 is 23.6 Å². The Balaban J connectivity index is 1.87.